The number of carbonyl (C=O) groups excluding carboxylic acids is 2. The van der Waals surface area contributed by atoms with Gasteiger partial charge in [-0.3, -0.25) is 19.6 Å². The number of nitrogens with two attached hydrogens (primary N) is 1. The van der Waals surface area contributed by atoms with Gasteiger partial charge in [0.25, 0.3) is 0 Å². The number of anilines is 7. The fourth-order valence-electron chi connectivity index (χ4n) is 7.00. The molecule has 0 saturated heterocycles. The number of hydrogen-bond donors (Lipinski definition) is 2. The van der Waals surface area contributed by atoms with Crippen molar-refractivity contribution in [3.8, 4) is 0 Å². The molecule has 15 heteroatoms. The van der Waals surface area contributed by atoms with Gasteiger partial charge < -0.3 is 30.7 Å². The van der Waals surface area contributed by atoms with E-state index in [4.69, 9.17) is 22.3 Å². The minimum Gasteiger partial charge on any atom is -0.397 e. The topological polar surface area (TPSA) is 162 Å². The van der Waals surface area contributed by atoms with E-state index in [2.05, 4.69) is 40.0 Å². The van der Waals surface area contributed by atoms with E-state index in [0.29, 0.717) is 49.7 Å². The molecule has 3 N–H and O–H groups in total. The van der Waals surface area contributed by atoms with Gasteiger partial charge in [-0.05, 0) is 61.5 Å². The van der Waals surface area contributed by atoms with E-state index in [0.717, 1.165) is 41.5 Å². The van der Waals surface area contributed by atoms with Crippen molar-refractivity contribution in [3.05, 3.63) is 66.7 Å². The Labute approximate surface area is 303 Å². The number of rotatable bonds is 4. The van der Waals surface area contributed by atoms with E-state index in [9.17, 15) is 9.59 Å². The van der Waals surface area contributed by atoms with Gasteiger partial charge >= 0.3 is 0 Å². The summed E-state index contributed by atoms with van der Waals surface area (Å²) in [5.74, 6) is 2.39. The molecule has 51 heavy (non-hydrogen) atoms. The Morgan fingerprint density at radius 1 is 0.725 bits per heavy atom. The zero-order chi connectivity index (χ0) is 35.7. The summed E-state index contributed by atoms with van der Waals surface area (Å²) in [5.41, 5.74) is 8.39. The first-order valence-corrected chi connectivity index (χ1v) is 17.9. The second kappa shape index (κ2) is 16.7. The molecule has 0 unspecified atom stereocenters. The highest BCUT2D eigenvalue weighted by Gasteiger charge is 2.33. The van der Waals surface area contributed by atoms with Crippen LogP contribution < -0.4 is 30.7 Å². The lowest BCUT2D eigenvalue weighted by atomic mass is 10.2. The summed E-state index contributed by atoms with van der Waals surface area (Å²) in [6.45, 7) is 1.43. The third kappa shape index (κ3) is 8.80. The van der Waals surface area contributed by atoms with Crippen molar-refractivity contribution in [2.45, 2.75) is 76.3 Å². The Bertz CT molecular complexity index is 1770. The molecular weight excluding hydrogens is 668 g/mol. The number of amides is 2. The lowest BCUT2D eigenvalue weighted by Crippen LogP contribution is -2.34. The Kier molecular flexibility index (Phi) is 11.7. The van der Waals surface area contributed by atoms with Crippen molar-refractivity contribution in [2.24, 2.45) is 0 Å². The van der Waals surface area contributed by atoms with Crippen LogP contribution in [0.1, 0.15) is 64.2 Å². The molecule has 2 aliphatic carbocycles. The molecule has 2 amide bonds. The van der Waals surface area contributed by atoms with Crippen LogP contribution in [0.5, 0.6) is 0 Å². The van der Waals surface area contributed by atoms with Crippen molar-refractivity contribution in [1.29, 1.82) is 0 Å². The van der Waals surface area contributed by atoms with Crippen LogP contribution in [0.25, 0.3) is 0 Å². The van der Waals surface area contributed by atoms with Crippen molar-refractivity contribution in [1.82, 2.24) is 29.9 Å². The third-order valence-corrected chi connectivity index (χ3v) is 9.93. The average Bonchev–Trinajstić information content (AvgIpc) is 3.85. The van der Waals surface area contributed by atoms with Crippen LogP contribution in [0, 0.1) is 0 Å². The zero-order valence-corrected chi connectivity index (χ0v) is 29.9. The molecule has 4 aromatic heterocycles. The third-order valence-electron chi connectivity index (χ3n) is 9.75. The van der Waals surface area contributed by atoms with Crippen LogP contribution >= 0.6 is 11.6 Å². The fraction of sp³-hybridized carbons (Fsp3) is 0.444. The molecule has 268 valence electrons. The maximum Gasteiger partial charge on any atom is 0.229 e. The molecule has 0 bridgehead atoms. The predicted octanol–water partition coefficient (Wildman–Crippen LogP) is 5.64. The van der Waals surface area contributed by atoms with Gasteiger partial charge in [0, 0.05) is 70.7 Å². The first-order chi connectivity index (χ1) is 24.8. The van der Waals surface area contributed by atoms with E-state index in [1.807, 2.05) is 12.1 Å². The number of nitrogen functional groups attached to an aromatic ring is 1. The summed E-state index contributed by atoms with van der Waals surface area (Å²) >= 11 is 5.93. The number of hydrogen-bond acceptors (Lipinski definition) is 12. The summed E-state index contributed by atoms with van der Waals surface area (Å²) < 4.78 is 0. The highest BCUT2D eigenvalue weighted by atomic mass is 35.5. The molecule has 0 spiro atoms. The molecule has 4 aromatic rings. The molecule has 8 rings (SSSR count). The first kappa shape index (κ1) is 35.7. The van der Waals surface area contributed by atoms with Crippen LogP contribution in [-0.2, 0) is 9.59 Å². The van der Waals surface area contributed by atoms with Gasteiger partial charge in [0.1, 0.15) is 11.4 Å². The largest absolute Gasteiger partial charge is 0.397 e. The first-order valence-electron chi connectivity index (χ1n) is 17.6. The molecular formula is C36H45ClN12O2. The predicted molar refractivity (Wildman–Crippen MR) is 201 cm³/mol. The summed E-state index contributed by atoms with van der Waals surface area (Å²) in [6.07, 6.45) is 20.8. The van der Waals surface area contributed by atoms with Crippen LogP contribution in [0.15, 0.2) is 61.4 Å². The van der Waals surface area contributed by atoms with Crippen molar-refractivity contribution in [2.75, 3.05) is 57.8 Å². The average molecular weight is 713 g/mol. The zero-order valence-electron chi connectivity index (χ0n) is 29.2. The van der Waals surface area contributed by atoms with Gasteiger partial charge in [-0.15, -0.1) is 0 Å². The highest BCUT2D eigenvalue weighted by molar-refractivity contribution is 6.28. The maximum atomic E-state index is 12.3. The van der Waals surface area contributed by atoms with Crippen LogP contribution in [0.4, 0.5) is 40.3 Å². The molecule has 0 aromatic carbocycles. The van der Waals surface area contributed by atoms with Gasteiger partial charge in [-0.2, -0.15) is 9.97 Å². The van der Waals surface area contributed by atoms with E-state index in [1.54, 1.807) is 73.2 Å². The molecule has 2 fully saturated rings. The van der Waals surface area contributed by atoms with Gasteiger partial charge in [-0.25, -0.2) is 9.97 Å². The SMILES string of the molecule is CN1C(=O)CCN(C2CCCC2)c2nc(Cl)ncc21.CN1C(=O)CCN(C2CCCC2)c2nc(Nc3cccnc3)ncc21.Nc1cccnc1. The quantitative estimate of drug-likeness (QED) is 0.251. The molecule has 0 atom stereocenters. The van der Waals surface area contributed by atoms with Gasteiger partial charge in [0.2, 0.25) is 23.0 Å². The van der Waals surface area contributed by atoms with Crippen molar-refractivity contribution < 1.29 is 9.59 Å². The van der Waals surface area contributed by atoms with Crippen molar-refractivity contribution >= 4 is 63.7 Å². The number of pyridine rings is 2. The number of nitrogens with one attached hydrogen (secondary N) is 1. The second-order valence-corrected chi connectivity index (χ2v) is 13.4. The van der Waals surface area contributed by atoms with E-state index >= 15 is 0 Å². The van der Waals surface area contributed by atoms with Crippen LogP contribution in [0.2, 0.25) is 5.28 Å². The van der Waals surface area contributed by atoms with E-state index in [-0.39, 0.29) is 17.1 Å². The monoisotopic (exact) mass is 712 g/mol. The minimum absolute atomic E-state index is 0.104. The highest BCUT2D eigenvalue weighted by Crippen LogP contribution is 2.37. The molecule has 4 aliphatic rings. The summed E-state index contributed by atoms with van der Waals surface area (Å²) in [4.78, 5) is 57.6. The summed E-state index contributed by atoms with van der Waals surface area (Å²) in [7, 11) is 3.58. The Morgan fingerprint density at radius 2 is 1.25 bits per heavy atom. The second-order valence-electron chi connectivity index (χ2n) is 13.1. The Morgan fingerprint density at radius 3 is 1.75 bits per heavy atom. The number of nitrogens with zero attached hydrogens (tertiary/aromatic N) is 10. The van der Waals surface area contributed by atoms with Crippen LogP contribution in [-0.4, -0.2) is 81.0 Å². The van der Waals surface area contributed by atoms with E-state index in [1.165, 1.54) is 38.5 Å². The summed E-state index contributed by atoms with van der Waals surface area (Å²) in [5, 5.41) is 3.44. The lowest BCUT2D eigenvalue weighted by molar-refractivity contribution is -0.118. The summed E-state index contributed by atoms with van der Waals surface area (Å²) in [6, 6.07) is 8.32. The maximum absolute atomic E-state index is 12.3. The smallest absolute Gasteiger partial charge is 0.229 e. The Balaban J connectivity index is 0.000000151. The number of carbonyl (C=O) groups is 2. The standard InChI is InChI=1S/C18H22N6O.C13H17ClN4O.C5H6N2/c1-23-15-12-20-18(21-13-5-4-9-19-11-13)22-17(15)24(10-8-16(23)25)14-6-2-3-7-14;1-17-10-8-15-13(14)16-12(10)18(7-6-11(17)19)9-4-2-3-5-9;6-5-2-1-3-7-4-5/h4-5,9,11-12,14H,2-3,6-8,10H2,1H3,(H,20,21,22);8-9H,2-7H2,1H3;1-4H,6H2. The number of aromatic nitrogens is 6. The molecule has 2 aliphatic heterocycles. The molecule has 6 heterocycles. The lowest BCUT2D eigenvalue weighted by Gasteiger charge is -2.30. The van der Waals surface area contributed by atoms with Crippen molar-refractivity contribution in [3.63, 3.8) is 0 Å². The fourth-order valence-corrected chi connectivity index (χ4v) is 7.13. The van der Waals surface area contributed by atoms with Gasteiger partial charge in [0.15, 0.2) is 11.6 Å². The number of halogens is 1. The number of fused-ring (bicyclic) bond motifs is 2. The minimum atomic E-state index is 0.104. The van der Waals surface area contributed by atoms with E-state index < -0.39 is 0 Å². The molecule has 14 nitrogen and oxygen atoms in total. The Hall–Kier alpha value is -5.11. The van der Waals surface area contributed by atoms with Crippen LogP contribution in [0.3, 0.4) is 0 Å². The van der Waals surface area contributed by atoms with Gasteiger partial charge in [0.05, 0.1) is 30.0 Å². The van der Waals surface area contributed by atoms with Gasteiger partial charge in [-0.1, -0.05) is 25.7 Å². The molecule has 2 saturated carbocycles. The molecule has 0 radical (unpaired) electrons. The normalized spacial score (nSPS) is 17.8.